The highest BCUT2D eigenvalue weighted by molar-refractivity contribution is 6.22. The monoisotopic (exact) mass is 1020 g/mol. The van der Waals surface area contributed by atoms with E-state index in [-0.39, 0.29) is 5.78 Å². The van der Waals surface area contributed by atoms with Crippen LogP contribution in [0.3, 0.4) is 0 Å². The Labute approximate surface area is 461 Å². The van der Waals surface area contributed by atoms with E-state index in [1.165, 1.54) is 151 Å². The summed E-state index contributed by atoms with van der Waals surface area (Å²) in [5.74, 6) is 6.26. The average molecular weight is 1020 g/mol. The first-order chi connectivity index (χ1) is 38.5. The fourth-order valence-corrected chi connectivity index (χ4v) is 15.0. The molecule has 5 nitrogen and oxygen atoms in total. The van der Waals surface area contributed by atoms with Crippen LogP contribution in [0.4, 0.5) is 34.1 Å². The van der Waals surface area contributed by atoms with Crippen molar-refractivity contribution in [1.29, 1.82) is 0 Å². The first-order valence-electron chi connectivity index (χ1n) is 30.1. The highest BCUT2D eigenvalue weighted by Gasteiger charge is 2.33. The van der Waals surface area contributed by atoms with Crippen molar-refractivity contribution in [3.05, 3.63) is 191 Å². The number of carbonyl (C=O) groups is 1. The van der Waals surface area contributed by atoms with Gasteiger partial charge in [0, 0.05) is 22.5 Å². The zero-order valence-electron chi connectivity index (χ0n) is 45.1. The lowest BCUT2D eigenvalue weighted by molar-refractivity contribution is 0.104. The molecule has 390 valence electrons. The Bertz CT molecular complexity index is 3220. The molecular weight excluding hydrogens is 953 g/mol. The second-order valence-electron chi connectivity index (χ2n) is 24.1. The Hall–Kier alpha value is -7.37. The van der Waals surface area contributed by atoms with Crippen molar-refractivity contribution in [2.24, 2.45) is 0 Å². The van der Waals surface area contributed by atoms with Gasteiger partial charge in [0.15, 0.2) is 28.8 Å². The first-order valence-corrected chi connectivity index (χ1v) is 30.1. The van der Waals surface area contributed by atoms with Crippen LogP contribution >= 0.6 is 0 Å². The van der Waals surface area contributed by atoms with Crippen LogP contribution in [0.25, 0.3) is 33.4 Å². The minimum atomic E-state index is 0.0837. The lowest BCUT2D eigenvalue weighted by Crippen LogP contribution is -2.17. The second kappa shape index (κ2) is 20.1. The van der Waals surface area contributed by atoms with E-state index < -0.39 is 0 Å². The van der Waals surface area contributed by atoms with Crippen molar-refractivity contribution in [2.75, 3.05) is 9.80 Å². The molecule has 0 spiro atoms. The molecule has 4 saturated carbocycles. The Balaban J connectivity index is 0.699. The predicted molar refractivity (Wildman–Crippen MR) is 319 cm³/mol. The molecule has 2 aliphatic heterocycles. The van der Waals surface area contributed by atoms with Crippen LogP contribution in [0.15, 0.2) is 158 Å². The van der Waals surface area contributed by atoms with Gasteiger partial charge in [-0.2, -0.15) is 0 Å². The van der Waals surface area contributed by atoms with Gasteiger partial charge in [-0.25, -0.2) is 0 Å². The minimum absolute atomic E-state index is 0.0837. The predicted octanol–water partition coefficient (Wildman–Crippen LogP) is 21.6. The number of anilines is 6. The Morgan fingerprint density at radius 2 is 0.564 bits per heavy atom. The molecule has 0 radical (unpaired) electrons. The van der Waals surface area contributed by atoms with Crippen molar-refractivity contribution in [3.8, 4) is 56.4 Å². The molecule has 5 heteroatoms. The standard InChI is InChI=1S/C73H70N2O3/c76-73-63-41-53(51-21-31-59(32-22-51)74-65-37-27-55(47-13-5-1-6-14-47)43-69(65)77-70-44-56(28-38-66(70)74)48-15-7-2-8-16-48)25-35-61(63)62-36-26-54(42-64(62)73)52-23-33-60(34-24-52)75-67-39-29-57(49-17-9-3-10-18-49)45-71(67)78-72-46-58(30-40-68(72)75)50-19-11-4-12-20-50/h21-50H,1-20H2. The Morgan fingerprint density at radius 1 is 0.282 bits per heavy atom. The molecule has 5 aliphatic carbocycles. The van der Waals surface area contributed by atoms with Gasteiger partial charge in [-0.3, -0.25) is 4.79 Å². The largest absolute Gasteiger partial charge is 0.453 e. The van der Waals surface area contributed by atoms with Crippen LogP contribution in [-0.2, 0) is 0 Å². The highest BCUT2D eigenvalue weighted by atomic mass is 16.5. The van der Waals surface area contributed by atoms with Gasteiger partial charge in [0.2, 0.25) is 0 Å². The van der Waals surface area contributed by atoms with Crippen LogP contribution in [0.5, 0.6) is 23.0 Å². The third-order valence-electron chi connectivity index (χ3n) is 19.4. The van der Waals surface area contributed by atoms with E-state index in [4.69, 9.17) is 9.47 Å². The van der Waals surface area contributed by atoms with Crippen LogP contribution < -0.4 is 19.3 Å². The number of ketones is 1. The molecule has 0 aromatic heterocycles. The summed E-state index contributed by atoms with van der Waals surface area (Å²) >= 11 is 0. The topological polar surface area (TPSA) is 42.0 Å². The van der Waals surface area contributed by atoms with Gasteiger partial charge in [0.1, 0.15) is 0 Å². The van der Waals surface area contributed by atoms with Gasteiger partial charge >= 0.3 is 0 Å². The Kier molecular flexibility index (Phi) is 12.3. The molecular formula is C73H70N2O3. The normalized spacial score (nSPS) is 18.5. The number of fused-ring (bicyclic) bond motifs is 7. The molecule has 2 heterocycles. The van der Waals surface area contributed by atoms with Crippen LogP contribution in [0, 0.1) is 0 Å². The second-order valence-corrected chi connectivity index (χ2v) is 24.1. The molecule has 0 amide bonds. The minimum Gasteiger partial charge on any atom is -0.453 e. The molecule has 0 atom stereocenters. The summed E-state index contributed by atoms with van der Waals surface area (Å²) in [7, 11) is 0. The molecule has 0 unspecified atom stereocenters. The van der Waals surface area contributed by atoms with E-state index in [2.05, 4.69) is 168 Å². The quantitative estimate of drug-likeness (QED) is 0.152. The molecule has 0 N–H and O–H groups in total. The number of rotatable bonds is 8. The number of carbonyl (C=O) groups excluding carboxylic acids is 1. The van der Waals surface area contributed by atoms with Crippen molar-refractivity contribution in [3.63, 3.8) is 0 Å². The first kappa shape index (κ1) is 47.8. The molecule has 8 aromatic rings. The maximum atomic E-state index is 14.5. The number of hydrogen-bond donors (Lipinski definition) is 0. The van der Waals surface area contributed by atoms with E-state index in [9.17, 15) is 4.79 Å². The lowest BCUT2D eigenvalue weighted by atomic mass is 9.83. The number of benzene rings is 8. The zero-order valence-corrected chi connectivity index (χ0v) is 45.1. The Morgan fingerprint density at radius 3 is 0.859 bits per heavy atom. The number of nitrogens with zero attached hydrogens (tertiary/aromatic N) is 2. The van der Waals surface area contributed by atoms with Crippen LogP contribution in [0.2, 0.25) is 0 Å². The van der Waals surface area contributed by atoms with Crippen LogP contribution in [0.1, 0.15) is 190 Å². The molecule has 78 heavy (non-hydrogen) atoms. The third-order valence-corrected chi connectivity index (χ3v) is 19.4. The van der Waals surface area contributed by atoms with E-state index in [1.54, 1.807) is 0 Å². The van der Waals surface area contributed by atoms with Gasteiger partial charge < -0.3 is 19.3 Å². The third kappa shape index (κ3) is 8.64. The summed E-state index contributed by atoms with van der Waals surface area (Å²) in [6, 6.07) is 58.5. The summed E-state index contributed by atoms with van der Waals surface area (Å²) in [5.41, 5.74) is 19.9. The van der Waals surface area contributed by atoms with Gasteiger partial charge in [0.05, 0.1) is 22.7 Å². The van der Waals surface area contributed by atoms with Crippen molar-refractivity contribution in [1.82, 2.24) is 0 Å². The molecule has 4 fully saturated rings. The van der Waals surface area contributed by atoms with Crippen molar-refractivity contribution < 1.29 is 14.3 Å². The fourth-order valence-electron chi connectivity index (χ4n) is 15.0. The maximum Gasteiger partial charge on any atom is 0.194 e. The maximum absolute atomic E-state index is 14.5. The number of hydrogen-bond acceptors (Lipinski definition) is 5. The van der Waals surface area contributed by atoms with E-state index in [0.29, 0.717) is 23.7 Å². The highest BCUT2D eigenvalue weighted by Crippen LogP contribution is 2.55. The smallest absolute Gasteiger partial charge is 0.194 e. The lowest BCUT2D eigenvalue weighted by Gasteiger charge is -2.35. The summed E-state index contributed by atoms with van der Waals surface area (Å²) in [6.07, 6.45) is 25.9. The van der Waals surface area contributed by atoms with Gasteiger partial charge in [-0.05, 0) is 216 Å². The van der Waals surface area contributed by atoms with Gasteiger partial charge in [-0.1, -0.05) is 150 Å². The van der Waals surface area contributed by atoms with E-state index in [1.807, 2.05) is 0 Å². The molecule has 0 bridgehead atoms. The van der Waals surface area contributed by atoms with E-state index in [0.717, 1.165) is 102 Å². The molecule has 8 aromatic carbocycles. The summed E-state index contributed by atoms with van der Waals surface area (Å²) in [6.45, 7) is 0. The number of ether oxygens (including phenoxy) is 2. The van der Waals surface area contributed by atoms with Gasteiger partial charge in [-0.15, -0.1) is 0 Å². The van der Waals surface area contributed by atoms with E-state index >= 15 is 0 Å². The molecule has 0 saturated heterocycles. The fraction of sp³-hybridized carbons (Fsp3) is 0.329. The van der Waals surface area contributed by atoms with Crippen molar-refractivity contribution in [2.45, 2.75) is 152 Å². The van der Waals surface area contributed by atoms with Gasteiger partial charge in [0.25, 0.3) is 0 Å². The summed E-state index contributed by atoms with van der Waals surface area (Å²) in [5, 5.41) is 0. The van der Waals surface area contributed by atoms with Crippen LogP contribution in [-0.4, -0.2) is 5.78 Å². The molecule has 15 rings (SSSR count). The zero-order chi connectivity index (χ0) is 51.7. The molecule has 7 aliphatic rings. The summed E-state index contributed by atoms with van der Waals surface area (Å²) < 4.78 is 13.8. The average Bonchev–Trinajstić information content (AvgIpc) is 3.99. The SMILES string of the molecule is O=C1c2cc(-c3ccc(N4c5ccc(C6CCCCC6)cc5Oc5cc(C6CCCCC6)ccc54)cc3)ccc2-c2ccc(-c3ccc(N4c5ccc(C6CCCCC6)cc5Oc5cc(C6CCCCC6)ccc54)cc3)cc21. The summed E-state index contributed by atoms with van der Waals surface area (Å²) in [4.78, 5) is 19.3. The van der Waals surface area contributed by atoms with Crippen molar-refractivity contribution >= 4 is 39.9 Å².